The zero-order valence-electron chi connectivity index (χ0n) is 23.3. The molecule has 1 spiro atoms. The van der Waals surface area contributed by atoms with Crippen LogP contribution in [0.3, 0.4) is 0 Å². The van der Waals surface area contributed by atoms with E-state index in [0.29, 0.717) is 34.1 Å². The molecule has 0 radical (unpaired) electrons. The Balaban J connectivity index is 1.43. The molecule has 2 saturated carbocycles. The summed E-state index contributed by atoms with van der Waals surface area (Å²) in [5.74, 6) is 0.249. The Kier molecular flexibility index (Phi) is 7.13. The van der Waals surface area contributed by atoms with Crippen LogP contribution in [0.4, 0.5) is 17.5 Å². The van der Waals surface area contributed by atoms with Gasteiger partial charge in [-0.2, -0.15) is 4.98 Å². The first-order chi connectivity index (χ1) is 18.3. The summed E-state index contributed by atoms with van der Waals surface area (Å²) in [5.41, 5.74) is 1.06. The molecule has 0 atom stereocenters. The van der Waals surface area contributed by atoms with Crippen molar-refractivity contribution in [1.29, 1.82) is 0 Å². The number of carbonyl (C=O) groups excluding carboxylic acids is 1. The fourth-order valence-corrected chi connectivity index (χ4v) is 6.92. The number of amides is 1. The van der Waals surface area contributed by atoms with Crippen LogP contribution in [-0.2, 0) is 10.0 Å². The summed E-state index contributed by atoms with van der Waals surface area (Å²) in [7, 11) is -3.74. The van der Waals surface area contributed by atoms with Gasteiger partial charge in [0.2, 0.25) is 16.0 Å². The van der Waals surface area contributed by atoms with Crippen LogP contribution in [0.5, 0.6) is 0 Å². The second kappa shape index (κ2) is 10.0. The highest BCUT2D eigenvalue weighted by molar-refractivity contribution is 7.89. The van der Waals surface area contributed by atoms with Gasteiger partial charge in [-0.15, -0.1) is 0 Å². The number of aliphatic hydroxyl groups is 1. The van der Waals surface area contributed by atoms with Gasteiger partial charge >= 0.3 is 0 Å². The quantitative estimate of drug-likeness (QED) is 0.366. The van der Waals surface area contributed by atoms with Crippen molar-refractivity contribution in [2.45, 2.75) is 88.6 Å². The van der Waals surface area contributed by atoms with Crippen LogP contribution < -0.4 is 20.3 Å². The number of nitrogens with zero attached hydrogens (tertiary/aromatic N) is 3. The standard InChI is InChI=1S/C28H40N6O4S/c1-19-16-23(31-25(29-19)32-26(2,3)18-35)30-24(36)21-7-6-20(39(37,38)33-27(4)8-5-9-27)17-22(21)34-14-12-28(10-11-28)13-15-34/h6-7,16-17,33,35H,5,8-15,18H2,1-4H3,(H2,29,30,31,32,36). The summed E-state index contributed by atoms with van der Waals surface area (Å²) < 4.78 is 29.5. The molecule has 2 aromatic rings. The average Bonchev–Trinajstić information content (AvgIpc) is 3.61. The van der Waals surface area contributed by atoms with Crippen LogP contribution in [0.25, 0.3) is 0 Å². The van der Waals surface area contributed by atoms with Crippen molar-refractivity contribution in [3.63, 3.8) is 0 Å². The van der Waals surface area contributed by atoms with Crippen molar-refractivity contribution in [3.8, 4) is 0 Å². The SMILES string of the molecule is Cc1cc(NC(=O)c2ccc(S(=O)(=O)NC3(C)CCC3)cc2N2CCC3(CC2)CC3)nc(NC(C)(C)CO)n1. The van der Waals surface area contributed by atoms with E-state index in [9.17, 15) is 18.3 Å². The summed E-state index contributed by atoms with van der Waals surface area (Å²) in [6.07, 6.45) is 7.24. The lowest BCUT2D eigenvalue weighted by molar-refractivity contribution is 0.102. The van der Waals surface area contributed by atoms with E-state index in [-0.39, 0.29) is 17.4 Å². The highest BCUT2D eigenvalue weighted by Gasteiger charge is 2.45. The molecule has 2 aliphatic carbocycles. The maximum Gasteiger partial charge on any atom is 0.258 e. The van der Waals surface area contributed by atoms with Gasteiger partial charge in [0.1, 0.15) is 5.82 Å². The largest absolute Gasteiger partial charge is 0.394 e. The first-order valence-electron chi connectivity index (χ1n) is 13.8. The fraction of sp³-hybridized carbons (Fsp3) is 0.607. The average molecular weight is 557 g/mol. The molecule has 3 fully saturated rings. The van der Waals surface area contributed by atoms with Crippen LogP contribution in [0, 0.1) is 12.3 Å². The van der Waals surface area contributed by atoms with Crippen LogP contribution in [0.2, 0.25) is 0 Å². The zero-order valence-corrected chi connectivity index (χ0v) is 24.1. The Hall–Kier alpha value is -2.76. The molecule has 212 valence electrons. The number of anilines is 3. The van der Waals surface area contributed by atoms with E-state index < -0.39 is 21.1 Å². The van der Waals surface area contributed by atoms with Crippen LogP contribution in [0.15, 0.2) is 29.2 Å². The van der Waals surface area contributed by atoms with E-state index in [2.05, 4.69) is 30.2 Å². The van der Waals surface area contributed by atoms with Gasteiger partial charge in [0.15, 0.2) is 0 Å². The molecule has 2 heterocycles. The number of hydrogen-bond donors (Lipinski definition) is 4. The molecule has 0 bridgehead atoms. The van der Waals surface area contributed by atoms with E-state index in [4.69, 9.17) is 0 Å². The smallest absolute Gasteiger partial charge is 0.258 e. The highest BCUT2D eigenvalue weighted by Crippen LogP contribution is 2.54. The van der Waals surface area contributed by atoms with Crippen molar-refractivity contribution >= 4 is 33.4 Å². The van der Waals surface area contributed by atoms with Crippen LogP contribution >= 0.6 is 0 Å². The van der Waals surface area contributed by atoms with E-state index in [0.717, 1.165) is 45.2 Å². The molecule has 3 aliphatic rings. The van der Waals surface area contributed by atoms with Crippen molar-refractivity contribution in [3.05, 3.63) is 35.5 Å². The predicted octanol–water partition coefficient (Wildman–Crippen LogP) is 3.82. The number of aryl methyl sites for hydroxylation is 1. The topological polar surface area (TPSA) is 137 Å². The van der Waals surface area contributed by atoms with Crippen molar-refractivity contribution in [2.24, 2.45) is 5.41 Å². The van der Waals surface area contributed by atoms with Crippen molar-refractivity contribution in [1.82, 2.24) is 14.7 Å². The minimum Gasteiger partial charge on any atom is -0.394 e. The summed E-state index contributed by atoms with van der Waals surface area (Å²) in [4.78, 5) is 24.7. The van der Waals surface area contributed by atoms with Crippen molar-refractivity contribution in [2.75, 3.05) is 35.2 Å². The Morgan fingerprint density at radius 3 is 2.36 bits per heavy atom. The van der Waals surface area contributed by atoms with Gasteiger partial charge in [0.05, 0.1) is 28.3 Å². The summed E-state index contributed by atoms with van der Waals surface area (Å²) in [6.45, 7) is 8.84. The Morgan fingerprint density at radius 1 is 1.08 bits per heavy atom. The van der Waals surface area contributed by atoms with Gasteiger partial charge in [-0.25, -0.2) is 18.1 Å². The molecule has 0 unspecified atom stereocenters. The summed E-state index contributed by atoms with van der Waals surface area (Å²) in [6, 6.07) is 6.43. The van der Waals surface area contributed by atoms with Crippen LogP contribution in [-0.4, -0.2) is 60.2 Å². The number of nitrogens with one attached hydrogen (secondary N) is 3. The second-order valence-electron chi connectivity index (χ2n) is 12.5. The van der Waals surface area contributed by atoms with E-state index >= 15 is 0 Å². The maximum atomic E-state index is 13.6. The third-order valence-corrected chi connectivity index (χ3v) is 10.1. The first-order valence-corrected chi connectivity index (χ1v) is 15.3. The second-order valence-corrected chi connectivity index (χ2v) is 14.2. The lowest BCUT2D eigenvalue weighted by Crippen LogP contribution is -2.50. The Morgan fingerprint density at radius 2 is 1.77 bits per heavy atom. The zero-order chi connectivity index (χ0) is 28.1. The van der Waals surface area contributed by atoms with E-state index in [1.165, 1.54) is 18.9 Å². The third-order valence-electron chi connectivity index (χ3n) is 8.43. The third kappa shape index (κ3) is 6.20. The van der Waals surface area contributed by atoms with Gasteiger partial charge in [0, 0.05) is 30.4 Å². The summed E-state index contributed by atoms with van der Waals surface area (Å²) in [5, 5.41) is 15.6. The molecule has 11 heteroatoms. The molecular formula is C28H40N6O4S. The number of aromatic nitrogens is 2. The minimum atomic E-state index is -3.74. The van der Waals surface area contributed by atoms with Crippen LogP contribution in [0.1, 0.15) is 81.8 Å². The highest BCUT2D eigenvalue weighted by atomic mass is 32.2. The van der Waals surface area contributed by atoms with Crippen molar-refractivity contribution < 1.29 is 18.3 Å². The normalized spacial score (nSPS) is 19.9. The molecule has 10 nitrogen and oxygen atoms in total. The molecule has 5 rings (SSSR count). The number of rotatable bonds is 9. The Bertz CT molecular complexity index is 1360. The monoisotopic (exact) mass is 556 g/mol. The molecule has 1 saturated heterocycles. The Labute approximate surface area is 231 Å². The number of sulfonamides is 1. The summed E-state index contributed by atoms with van der Waals surface area (Å²) >= 11 is 0. The predicted molar refractivity (Wildman–Crippen MR) is 152 cm³/mol. The molecule has 1 aliphatic heterocycles. The number of benzene rings is 1. The lowest BCUT2D eigenvalue weighted by atomic mass is 9.80. The first kappa shape index (κ1) is 27.8. The molecule has 1 amide bonds. The van der Waals surface area contributed by atoms with E-state index in [1.54, 1.807) is 25.1 Å². The molecule has 1 aromatic heterocycles. The lowest BCUT2D eigenvalue weighted by Gasteiger charge is -2.39. The number of aliphatic hydroxyl groups excluding tert-OH is 1. The molecule has 1 aromatic carbocycles. The fourth-order valence-electron chi connectivity index (χ4n) is 5.44. The van der Waals surface area contributed by atoms with Gasteiger partial charge in [0.25, 0.3) is 5.91 Å². The maximum absolute atomic E-state index is 13.6. The minimum absolute atomic E-state index is 0.115. The van der Waals surface area contributed by atoms with Gasteiger partial charge in [-0.05, 0) is 96.3 Å². The number of piperidine rings is 1. The number of carbonyl (C=O) groups is 1. The van der Waals surface area contributed by atoms with Gasteiger partial charge in [-0.3, -0.25) is 4.79 Å². The molecule has 4 N–H and O–H groups in total. The molecule has 39 heavy (non-hydrogen) atoms. The number of hydrogen-bond acceptors (Lipinski definition) is 8. The van der Waals surface area contributed by atoms with Gasteiger partial charge in [-0.1, -0.05) is 0 Å². The molecular weight excluding hydrogens is 516 g/mol. The van der Waals surface area contributed by atoms with Gasteiger partial charge < -0.3 is 20.6 Å². The van der Waals surface area contributed by atoms with E-state index in [1.807, 2.05) is 20.8 Å².